The van der Waals surface area contributed by atoms with Crippen LogP contribution in [0.2, 0.25) is 0 Å². The first-order valence-corrected chi connectivity index (χ1v) is 6.30. The van der Waals surface area contributed by atoms with Crippen molar-refractivity contribution >= 4 is 28.3 Å². The number of benzene rings is 1. The summed E-state index contributed by atoms with van der Waals surface area (Å²) in [5.74, 6) is 1.08. The molecule has 4 heteroatoms. The van der Waals surface area contributed by atoms with E-state index in [-0.39, 0.29) is 0 Å². The molecule has 0 aliphatic carbocycles. The van der Waals surface area contributed by atoms with Crippen LogP contribution >= 0.6 is 11.8 Å². The van der Waals surface area contributed by atoms with Gasteiger partial charge in [0.1, 0.15) is 0 Å². The maximum Gasteiger partial charge on any atom is 0.190 e. The Balaban J connectivity index is 2.22. The summed E-state index contributed by atoms with van der Waals surface area (Å²) in [6.45, 7) is 4.92. The van der Waals surface area contributed by atoms with Gasteiger partial charge in [0.2, 0.25) is 0 Å². The Hall–Kier alpha value is -1.29. The monoisotopic (exact) mass is 233 g/mol. The van der Waals surface area contributed by atoms with Crippen molar-refractivity contribution < 1.29 is 0 Å². The summed E-state index contributed by atoms with van der Waals surface area (Å²) in [6, 6.07) is 10.3. The van der Waals surface area contributed by atoms with E-state index < -0.39 is 0 Å². The van der Waals surface area contributed by atoms with E-state index >= 15 is 0 Å². The molecular weight excluding hydrogens is 218 g/mol. The fourth-order valence-corrected chi connectivity index (χ4v) is 2.38. The van der Waals surface area contributed by atoms with Gasteiger partial charge >= 0.3 is 0 Å². The molecule has 2 rings (SSSR count). The van der Waals surface area contributed by atoms with Gasteiger partial charge in [-0.25, -0.2) is 0 Å². The number of nitrogens with zero attached hydrogens (tertiary/aromatic N) is 3. The number of hydrogen-bond donors (Lipinski definition) is 0. The molecule has 0 saturated carbocycles. The molecule has 0 spiro atoms. The molecule has 84 valence electrons. The normalized spacial score (nSPS) is 17.9. The van der Waals surface area contributed by atoms with Crippen molar-refractivity contribution in [3.8, 4) is 0 Å². The summed E-state index contributed by atoms with van der Waals surface area (Å²) < 4.78 is 0. The number of amidine groups is 1. The second kappa shape index (κ2) is 5.16. The number of thioether (sulfide) groups is 1. The molecular formula is C12H15N3S. The van der Waals surface area contributed by atoms with E-state index in [9.17, 15) is 0 Å². The topological polar surface area (TPSA) is 28.0 Å². The van der Waals surface area contributed by atoms with Crippen LogP contribution in [0.5, 0.6) is 0 Å². The van der Waals surface area contributed by atoms with E-state index in [0.29, 0.717) is 0 Å². The molecule has 0 N–H and O–H groups in total. The Morgan fingerprint density at radius 1 is 1.25 bits per heavy atom. The number of rotatable bonds is 2. The van der Waals surface area contributed by atoms with Crippen molar-refractivity contribution in [2.75, 3.05) is 17.2 Å². The average Bonchev–Trinajstić information content (AvgIpc) is 2.75. The Morgan fingerprint density at radius 3 is 2.69 bits per heavy atom. The first-order chi connectivity index (χ1) is 7.77. The Bertz CT molecular complexity index is 408. The Labute approximate surface area is 100 Å². The summed E-state index contributed by atoms with van der Waals surface area (Å²) in [6.07, 6.45) is 0. The van der Waals surface area contributed by atoms with Gasteiger partial charge in [-0.1, -0.05) is 30.0 Å². The molecule has 3 nitrogen and oxygen atoms in total. The molecule has 0 radical (unpaired) electrons. The van der Waals surface area contributed by atoms with Crippen molar-refractivity contribution in [1.29, 1.82) is 0 Å². The van der Waals surface area contributed by atoms with Crippen molar-refractivity contribution in [3.05, 3.63) is 30.3 Å². The maximum absolute atomic E-state index is 4.27. The van der Waals surface area contributed by atoms with Gasteiger partial charge in [0, 0.05) is 23.7 Å². The molecule has 0 unspecified atom stereocenters. The van der Waals surface area contributed by atoms with E-state index in [0.717, 1.165) is 23.2 Å². The molecule has 0 amide bonds. The number of hydrogen-bond acceptors (Lipinski definition) is 3. The Kier molecular flexibility index (Phi) is 3.62. The fourth-order valence-electron chi connectivity index (χ4n) is 1.47. The van der Waals surface area contributed by atoms with Crippen LogP contribution in [0.3, 0.4) is 0 Å². The van der Waals surface area contributed by atoms with Crippen LogP contribution in [0.1, 0.15) is 13.8 Å². The summed E-state index contributed by atoms with van der Waals surface area (Å²) in [7, 11) is 0. The summed E-state index contributed by atoms with van der Waals surface area (Å²) in [5, 5.41) is 9.39. The third-order valence-corrected chi connectivity index (χ3v) is 3.13. The number of para-hydroxylation sites is 1. The predicted molar refractivity (Wildman–Crippen MR) is 72.5 cm³/mol. The minimum atomic E-state index is 0.980. The maximum atomic E-state index is 4.27. The van der Waals surface area contributed by atoms with Crippen molar-refractivity contribution in [2.45, 2.75) is 13.8 Å². The highest BCUT2D eigenvalue weighted by atomic mass is 32.2. The molecule has 1 fully saturated rings. The minimum Gasteiger partial charge on any atom is -0.319 e. The van der Waals surface area contributed by atoms with Crippen molar-refractivity contribution in [3.63, 3.8) is 0 Å². The van der Waals surface area contributed by atoms with Crippen LogP contribution in [-0.4, -0.2) is 23.2 Å². The van der Waals surface area contributed by atoms with E-state index in [1.807, 2.05) is 32.0 Å². The molecule has 0 bridgehead atoms. The third kappa shape index (κ3) is 2.64. The van der Waals surface area contributed by atoms with Gasteiger partial charge in [-0.2, -0.15) is 5.10 Å². The first-order valence-electron chi connectivity index (χ1n) is 5.31. The third-order valence-electron chi connectivity index (χ3n) is 2.18. The lowest BCUT2D eigenvalue weighted by Crippen LogP contribution is -2.23. The van der Waals surface area contributed by atoms with Crippen molar-refractivity contribution in [2.24, 2.45) is 10.2 Å². The van der Waals surface area contributed by atoms with Crippen LogP contribution in [0.25, 0.3) is 0 Å². The Morgan fingerprint density at radius 2 is 2.00 bits per heavy atom. The van der Waals surface area contributed by atoms with Crippen LogP contribution in [0.4, 0.5) is 5.69 Å². The van der Waals surface area contributed by atoms with Crippen LogP contribution in [-0.2, 0) is 0 Å². The van der Waals surface area contributed by atoms with Gasteiger partial charge in [-0.3, -0.25) is 0 Å². The zero-order chi connectivity index (χ0) is 11.4. The van der Waals surface area contributed by atoms with E-state index in [4.69, 9.17) is 0 Å². The molecule has 1 aliphatic heterocycles. The zero-order valence-corrected chi connectivity index (χ0v) is 10.4. The molecule has 1 heterocycles. The number of anilines is 1. The van der Waals surface area contributed by atoms with Crippen LogP contribution in [0, 0.1) is 0 Å². The second-order valence-electron chi connectivity index (χ2n) is 3.77. The summed E-state index contributed by atoms with van der Waals surface area (Å²) in [4.78, 5) is 2.21. The summed E-state index contributed by atoms with van der Waals surface area (Å²) >= 11 is 1.76. The molecule has 16 heavy (non-hydrogen) atoms. The second-order valence-corrected chi connectivity index (χ2v) is 4.83. The molecule has 1 aromatic carbocycles. The quantitative estimate of drug-likeness (QED) is 0.580. The highest BCUT2D eigenvalue weighted by molar-refractivity contribution is 8.14. The average molecular weight is 233 g/mol. The fraction of sp³-hybridized carbons (Fsp3) is 0.333. The van der Waals surface area contributed by atoms with Gasteiger partial charge in [-0.05, 0) is 26.0 Å². The van der Waals surface area contributed by atoms with E-state index in [1.54, 1.807) is 11.8 Å². The highest BCUT2D eigenvalue weighted by Crippen LogP contribution is 2.25. The van der Waals surface area contributed by atoms with Crippen LogP contribution in [0.15, 0.2) is 40.5 Å². The smallest absolute Gasteiger partial charge is 0.190 e. The zero-order valence-electron chi connectivity index (χ0n) is 9.55. The van der Waals surface area contributed by atoms with E-state index in [2.05, 4.69) is 27.2 Å². The van der Waals surface area contributed by atoms with Gasteiger partial charge in [0.15, 0.2) is 5.17 Å². The molecule has 0 atom stereocenters. The lowest BCUT2D eigenvalue weighted by Gasteiger charge is -2.16. The first kappa shape index (κ1) is 11.2. The van der Waals surface area contributed by atoms with Gasteiger partial charge in [0.05, 0.1) is 0 Å². The van der Waals surface area contributed by atoms with E-state index in [1.165, 1.54) is 5.69 Å². The highest BCUT2D eigenvalue weighted by Gasteiger charge is 2.20. The summed E-state index contributed by atoms with van der Waals surface area (Å²) in [5.41, 5.74) is 2.17. The molecule has 1 saturated heterocycles. The van der Waals surface area contributed by atoms with Crippen molar-refractivity contribution in [1.82, 2.24) is 0 Å². The lowest BCUT2D eigenvalue weighted by atomic mass is 10.3. The molecule has 1 aromatic rings. The van der Waals surface area contributed by atoms with Crippen LogP contribution < -0.4 is 4.90 Å². The van der Waals surface area contributed by atoms with Gasteiger partial charge in [0.25, 0.3) is 0 Å². The SMILES string of the molecule is CC(C)=NN=C1SCCN1c1ccccc1. The lowest BCUT2D eigenvalue weighted by molar-refractivity contribution is 1.09. The predicted octanol–water partition coefficient (Wildman–Crippen LogP) is 2.99. The van der Waals surface area contributed by atoms with Gasteiger partial charge < -0.3 is 4.90 Å². The minimum absolute atomic E-state index is 0.980. The molecule has 1 aliphatic rings. The largest absolute Gasteiger partial charge is 0.319 e. The van der Waals surface area contributed by atoms with Gasteiger partial charge in [-0.15, -0.1) is 5.10 Å². The molecule has 0 aromatic heterocycles. The standard InChI is InChI=1S/C12H15N3S/c1-10(2)13-14-12-15(8-9-16-12)11-6-4-3-5-7-11/h3-7H,8-9H2,1-2H3.